The van der Waals surface area contributed by atoms with Gasteiger partial charge >= 0.3 is 6.09 Å². The van der Waals surface area contributed by atoms with Crippen LogP contribution >= 0.6 is 0 Å². The number of amides is 1. The Hall–Kier alpha value is -0.593. The second kappa shape index (κ2) is 8.19. The number of piperidine rings is 1. The van der Waals surface area contributed by atoms with Gasteiger partial charge in [0.25, 0.3) is 0 Å². The zero-order valence-electron chi connectivity index (χ0n) is 17.0. The summed E-state index contributed by atoms with van der Waals surface area (Å²) in [6.45, 7) is 19.9. The normalized spacial score (nSPS) is 19.9. The molecule has 0 saturated carbocycles. The number of rotatable bonds is 5. The molecule has 0 aliphatic carbocycles. The molecule has 0 radical (unpaired) electrons. The first-order chi connectivity index (χ1) is 10.8. The fraction of sp³-hybridized carbons (Fsp3) is 0.944. The van der Waals surface area contributed by atoms with E-state index >= 15 is 0 Å². The highest BCUT2D eigenvalue weighted by molar-refractivity contribution is 6.74. The van der Waals surface area contributed by atoms with Gasteiger partial charge in [-0.1, -0.05) is 20.8 Å². The van der Waals surface area contributed by atoms with E-state index in [9.17, 15) is 4.79 Å². The van der Waals surface area contributed by atoms with Gasteiger partial charge in [-0.15, -0.1) is 0 Å². The number of nitrogens with zero attached hydrogens (tertiary/aromatic N) is 1. The predicted octanol–water partition coefficient (Wildman–Crippen LogP) is 4.00. The lowest BCUT2D eigenvalue weighted by atomic mass is 10.1. The molecule has 142 valence electrons. The summed E-state index contributed by atoms with van der Waals surface area (Å²) in [5.41, 5.74) is -0.474. The average Bonchev–Trinajstić information content (AvgIpc) is 2.41. The summed E-state index contributed by atoms with van der Waals surface area (Å²) in [6.07, 6.45) is 1.88. The molecular weight excluding hydrogens is 320 g/mol. The molecule has 1 saturated heterocycles. The maximum atomic E-state index is 12.6. The zero-order valence-corrected chi connectivity index (χ0v) is 18.0. The van der Waals surface area contributed by atoms with Crippen LogP contribution in [0.1, 0.15) is 54.4 Å². The van der Waals surface area contributed by atoms with Crippen molar-refractivity contribution in [1.82, 2.24) is 10.2 Å². The van der Waals surface area contributed by atoms with Crippen molar-refractivity contribution in [2.24, 2.45) is 0 Å². The Labute approximate surface area is 149 Å². The van der Waals surface area contributed by atoms with Gasteiger partial charge in [0.2, 0.25) is 0 Å². The maximum Gasteiger partial charge on any atom is 0.410 e. The number of carbonyl (C=O) groups excluding carboxylic acids is 1. The fourth-order valence-electron chi connectivity index (χ4n) is 2.46. The Morgan fingerprint density at radius 2 is 1.83 bits per heavy atom. The molecule has 0 aromatic rings. The van der Waals surface area contributed by atoms with Gasteiger partial charge < -0.3 is 19.4 Å². The van der Waals surface area contributed by atoms with Crippen LogP contribution in [0.2, 0.25) is 18.1 Å². The van der Waals surface area contributed by atoms with Crippen LogP contribution in [0.3, 0.4) is 0 Å². The van der Waals surface area contributed by atoms with Crippen LogP contribution < -0.4 is 5.32 Å². The molecule has 6 heteroatoms. The van der Waals surface area contributed by atoms with Crippen LogP contribution in [0.4, 0.5) is 4.79 Å². The lowest BCUT2D eigenvalue weighted by Gasteiger charge is -2.39. The molecule has 1 atom stereocenters. The van der Waals surface area contributed by atoms with E-state index in [1.54, 1.807) is 0 Å². The molecule has 24 heavy (non-hydrogen) atoms. The summed E-state index contributed by atoms with van der Waals surface area (Å²) >= 11 is 0. The van der Waals surface area contributed by atoms with E-state index < -0.39 is 13.9 Å². The molecule has 0 unspecified atom stereocenters. The molecule has 1 fully saturated rings. The van der Waals surface area contributed by atoms with Gasteiger partial charge in [-0.3, -0.25) is 0 Å². The number of ether oxygens (including phenoxy) is 1. The smallest absolute Gasteiger partial charge is 0.410 e. The minimum absolute atomic E-state index is 0.177. The highest BCUT2D eigenvalue weighted by Crippen LogP contribution is 2.36. The van der Waals surface area contributed by atoms with E-state index in [2.05, 4.69) is 39.2 Å². The van der Waals surface area contributed by atoms with Crippen molar-refractivity contribution in [2.75, 3.05) is 26.2 Å². The zero-order chi connectivity index (χ0) is 18.6. The summed E-state index contributed by atoms with van der Waals surface area (Å²) < 4.78 is 11.9. The van der Waals surface area contributed by atoms with E-state index in [1.807, 2.05) is 25.7 Å². The first-order valence-corrected chi connectivity index (χ1v) is 12.1. The van der Waals surface area contributed by atoms with Crippen LogP contribution in [0, 0.1) is 0 Å². The van der Waals surface area contributed by atoms with E-state index in [0.717, 1.165) is 25.9 Å². The van der Waals surface area contributed by atoms with Gasteiger partial charge in [0.1, 0.15) is 5.60 Å². The third-order valence-electron chi connectivity index (χ3n) is 4.94. The number of hydrogen-bond acceptors (Lipinski definition) is 4. The molecule has 1 aliphatic rings. The third-order valence-corrected chi connectivity index (χ3v) is 9.48. The van der Waals surface area contributed by atoms with Gasteiger partial charge in [0, 0.05) is 19.1 Å². The topological polar surface area (TPSA) is 50.8 Å². The summed E-state index contributed by atoms with van der Waals surface area (Å²) in [7, 11) is -1.80. The number of nitrogens with one attached hydrogen (secondary N) is 1. The van der Waals surface area contributed by atoms with E-state index in [0.29, 0.717) is 13.2 Å². The van der Waals surface area contributed by atoms with Gasteiger partial charge in [-0.05, 0) is 58.3 Å². The number of hydrogen-bond donors (Lipinski definition) is 1. The summed E-state index contributed by atoms with van der Waals surface area (Å²) in [4.78, 5) is 14.5. The first kappa shape index (κ1) is 21.4. The van der Waals surface area contributed by atoms with Crippen molar-refractivity contribution < 1.29 is 14.0 Å². The lowest BCUT2D eigenvalue weighted by Crippen LogP contribution is -2.52. The molecule has 0 aromatic heterocycles. The van der Waals surface area contributed by atoms with Gasteiger partial charge in [-0.2, -0.15) is 0 Å². The molecule has 1 heterocycles. The second-order valence-corrected chi connectivity index (χ2v) is 14.1. The highest BCUT2D eigenvalue weighted by Gasteiger charge is 2.37. The van der Waals surface area contributed by atoms with Crippen LogP contribution in [0.5, 0.6) is 0 Å². The number of carbonyl (C=O) groups is 1. The first-order valence-electron chi connectivity index (χ1n) is 9.18. The van der Waals surface area contributed by atoms with Crippen molar-refractivity contribution in [3.63, 3.8) is 0 Å². The van der Waals surface area contributed by atoms with Crippen molar-refractivity contribution in [3.05, 3.63) is 0 Å². The Morgan fingerprint density at radius 3 is 2.29 bits per heavy atom. The minimum Gasteiger partial charge on any atom is -0.444 e. The molecule has 5 nitrogen and oxygen atoms in total. The molecule has 1 N–H and O–H groups in total. The molecule has 0 aromatic carbocycles. The van der Waals surface area contributed by atoms with E-state index in [-0.39, 0.29) is 17.2 Å². The Morgan fingerprint density at radius 1 is 1.21 bits per heavy atom. The molecule has 1 aliphatic heterocycles. The average molecular weight is 359 g/mol. The van der Waals surface area contributed by atoms with Crippen LogP contribution in [0.25, 0.3) is 0 Å². The van der Waals surface area contributed by atoms with Gasteiger partial charge in [-0.25, -0.2) is 4.79 Å². The Balaban J connectivity index is 2.70. The van der Waals surface area contributed by atoms with Crippen molar-refractivity contribution in [2.45, 2.75) is 84.2 Å². The van der Waals surface area contributed by atoms with E-state index in [1.165, 1.54) is 0 Å². The maximum absolute atomic E-state index is 12.6. The third kappa shape index (κ3) is 6.73. The monoisotopic (exact) mass is 358 g/mol. The fourth-order valence-corrected chi connectivity index (χ4v) is 3.49. The van der Waals surface area contributed by atoms with Crippen LogP contribution in [0.15, 0.2) is 0 Å². The minimum atomic E-state index is -1.80. The van der Waals surface area contributed by atoms with Crippen LogP contribution in [-0.4, -0.2) is 57.2 Å². The summed E-state index contributed by atoms with van der Waals surface area (Å²) in [6, 6.07) is 0.191. The molecule has 0 spiro atoms. The van der Waals surface area contributed by atoms with Crippen molar-refractivity contribution in [3.8, 4) is 0 Å². The summed E-state index contributed by atoms with van der Waals surface area (Å²) in [5.74, 6) is 0. The van der Waals surface area contributed by atoms with E-state index in [4.69, 9.17) is 9.16 Å². The predicted molar refractivity (Wildman–Crippen MR) is 102 cm³/mol. The van der Waals surface area contributed by atoms with Crippen molar-refractivity contribution >= 4 is 14.4 Å². The quantitative estimate of drug-likeness (QED) is 0.755. The second-order valence-electron chi connectivity index (χ2n) is 9.28. The lowest BCUT2D eigenvalue weighted by molar-refractivity contribution is 0.0102. The molecular formula is C18H38N2O3Si. The summed E-state index contributed by atoms with van der Waals surface area (Å²) in [5, 5.41) is 3.56. The van der Waals surface area contributed by atoms with Gasteiger partial charge in [0.05, 0.1) is 6.61 Å². The van der Waals surface area contributed by atoms with Crippen molar-refractivity contribution in [1.29, 1.82) is 0 Å². The van der Waals surface area contributed by atoms with Gasteiger partial charge in [0.15, 0.2) is 8.32 Å². The van der Waals surface area contributed by atoms with Crippen LogP contribution in [-0.2, 0) is 9.16 Å². The molecule has 1 amide bonds. The standard InChI is InChI=1S/C18H38N2O3Si/c1-17(2,3)23-16(21)20(15-10-9-11-19-14-15)12-13-22-24(7,8)18(4,5)6/h15,19H,9-14H2,1-8H3/t15-/m1/s1. The Bertz CT molecular complexity index is 407. The molecule has 0 bridgehead atoms. The molecule has 1 rings (SSSR count). The largest absolute Gasteiger partial charge is 0.444 e. The SMILES string of the molecule is CC(C)(C)OC(=O)N(CCO[Si](C)(C)C(C)(C)C)[C@@H]1CCCNC1. The highest BCUT2D eigenvalue weighted by atomic mass is 28.4. The Kier molecular flexibility index (Phi) is 7.32.